The third-order valence-corrected chi connectivity index (χ3v) is 6.48. The average Bonchev–Trinajstić information content (AvgIpc) is 3.40. The molecule has 0 aliphatic carbocycles. The van der Waals surface area contributed by atoms with E-state index in [4.69, 9.17) is 4.74 Å². The van der Waals surface area contributed by atoms with Gasteiger partial charge in [-0.3, -0.25) is 10.1 Å². The van der Waals surface area contributed by atoms with Crippen LogP contribution < -0.4 is 16.1 Å². The predicted molar refractivity (Wildman–Crippen MR) is 140 cm³/mol. The van der Waals surface area contributed by atoms with Crippen LogP contribution in [0, 0.1) is 0 Å². The third kappa shape index (κ3) is 6.26. The Morgan fingerprint density at radius 1 is 1.20 bits per heavy atom. The van der Waals surface area contributed by atoms with Gasteiger partial charge >= 0.3 is 18.2 Å². The average molecular weight is 577 g/mol. The second kappa shape index (κ2) is 11.8. The molecule has 4 aromatic heterocycles. The van der Waals surface area contributed by atoms with E-state index in [0.29, 0.717) is 12.1 Å². The van der Waals surface area contributed by atoms with E-state index in [0.717, 1.165) is 16.7 Å². The van der Waals surface area contributed by atoms with Gasteiger partial charge in [0.2, 0.25) is 5.43 Å². The number of carbonyl (C=O) groups is 2. The number of rotatable bonds is 8. The van der Waals surface area contributed by atoms with Crippen molar-refractivity contribution < 1.29 is 32.6 Å². The first-order valence-electron chi connectivity index (χ1n) is 11.9. The molecule has 0 spiro atoms. The van der Waals surface area contributed by atoms with Gasteiger partial charge in [-0.2, -0.15) is 13.2 Å². The predicted octanol–water partition coefficient (Wildman–Crippen LogP) is 4.05. The molecule has 4 heterocycles. The number of esters is 1. The smallest absolute Gasteiger partial charge is 0.434 e. The maximum atomic E-state index is 13.2. The van der Waals surface area contributed by atoms with Crippen LogP contribution in [0.4, 0.5) is 23.8 Å². The van der Waals surface area contributed by atoms with Gasteiger partial charge in [0.05, 0.1) is 18.1 Å². The molecule has 0 aliphatic heterocycles. The minimum absolute atomic E-state index is 0.0334. The fraction of sp³-hybridized carbons (Fsp3) is 0.280. The van der Waals surface area contributed by atoms with Crippen LogP contribution >= 0.6 is 11.3 Å². The largest absolute Gasteiger partial charge is 0.462 e. The molecule has 4 rings (SSSR count). The SMILES string of the molecule is CCNC(=O)Nc1cc(-c2nc(C(F)(F)F)cs2)c(C(O)Cc2cnc3[nH]cc(C(=O)OCC)c(=O)c3c2)cn1. The lowest BCUT2D eigenvalue weighted by Crippen LogP contribution is -2.28. The number of hydrogen-bond acceptors (Lipinski definition) is 9. The Balaban J connectivity index is 1.70. The van der Waals surface area contributed by atoms with E-state index in [-0.39, 0.29) is 51.6 Å². The van der Waals surface area contributed by atoms with E-state index in [1.165, 1.54) is 30.7 Å². The zero-order valence-corrected chi connectivity index (χ0v) is 21.9. The highest BCUT2D eigenvalue weighted by Gasteiger charge is 2.34. The summed E-state index contributed by atoms with van der Waals surface area (Å²) in [5, 5.41) is 17.0. The number of nitrogens with one attached hydrogen (secondary N) is 3. The number of aromatic amines is 1. The standard InChI is InChI=1S/C25H23F3N6O5S/c1-3-29-24(38)34-19-7-13(22-33-18(11-40-22)25(26,27)28)15(9-30-19)17(35)6-12-5-14-20(36)16(23(37)39-4-2)10-32-21(14)31-8-12/h5,7-11,17,35H,3-4,6H2,1-2H3,(H,31,32,36)(H2,29,30,34,38). The number of ether oxygens (including phenoxy) is 1. The highest BCUT2D eigenvalue weighted by atomic mass is 32.1. The number of pyridine rings is 3. The molecule has 0 fully saturated rings. The minimum atomic E-state index is -4.67. The Bertz CT molecular complexity index is 1620. The summed E-state index contributed by atoms with van der Waals surface area (Å²) < 4.78 is 44.6. The van der Waals surface area contributed by atoms with Crippen LogP contribution in [0.3, 0.4) is 0 Å². The topological polar surface area (TPSA) is 159 Å². The van der Waals surface area contributed by atoms with Crippen molar-refractivity contribution in [2.45, 2.75) is 32.5 Å². The maximum Gasteiger partial charge on any atom is 0.434 e. The van der Waals surface area contributed by atoms with Gasteiger partial charge < -0.3 is 20.1 Å². The number of aliphatic hydroxyl groups excluding tert-OH is 1. The molecule has 2 amide bonds. The van der Waals surface area contributed by atoms with E-state index in [1.54, 1.807) is 13.8 Å². The Morgan fingerprint density at radius 3 is 2.65 bits per heavy atom. The Hall–Kier alpha value is -4.37. The summed E-state index contributed by atoms with van der Waals surface area (Å²) in [5.74, 6) is -0.763. The van der Waals surface area contributed by atoms with E-state index in [2.05, 4.69) is 30.6 Å². The fourth-order valence-corrected chi connectivity index (χ4v) is 4.65. The van der Waals surface area contributed by atoms with Gasteiger partial charge in [0.25, 0.3) is 0 Å². The number of H-pyrrole nitrogens is 1. The zero-order valence-electron chi connectivity index (χ0n) is 21.1. The Kier molecular flexibility index (Phi) is 8.44. The quantitative estimate of drug-likeness (QED) is 0.229. The van der Waals surface area contributed by atoms with Crippen molar-refractivity contribution in [3.8, 4) is 10.6 Å². The number of aliphatic hydroxyl groups is 1. The number of thiazole rings is 1. The van der Waals surface area contributed by atoms with Crippen LogP contribution in [0.15, 0.2) is 40.9 Å². The van der Waals surface area contributed by atoms with Gasteiger partial charge in [-0.25, -0.2) is 24.5 Å². The van der Waals surface area contributed by atoms with Gasteiger partial charge in [0.1, 0.15) is 22.0 Å². The highest BCUT2D eigenvalue weighted by molar-refractivity contribution is 7.13. The molecule has 40 heavy (non-hydrogen) atoms. The third-order valence-electron chi connectivity index (χ3n) is 5.61. The normalized spacial score (nSPS) is 12.2. The summed E-state index contributed by atoms with van der Waals surface area (Å²) in [6, 6.07) is 2.21. The van der Waals surface area contributed by atoms with Gasteiger partial charge in [0, 0.05) is 48.1 Å². The number of fused-ring (bicyclic) bond motifs is 1. The number of halogens is 3. The number of alkyl halides is 3. The molecule has 11 nitrogen and oxygen atoms in total. The van der Waals surface area contributed by atoms with E-state index >= 15 is 0 Å². The lowest BCUT2D eigenvalue weighted by Gasteiger charge is -2.16. The van der Waals surface area contributed by atoms with Crippen molar-refractivity contribution in [2.75, 3.05) is 18.5 Å². The molecule has 4 N–H and O–H groups in total. The number of aromatic nitrogens is 4. The van der Waals surface area contributed by atoms with Crippen LogP contribution in [0.2, 0.25) is 0 Å². The first-order chi connectivity index (χ1) is 19.0. The zero-order chi connectivity index (χ0) is 29.0. The summed E-state index contributed by atoms with van der Waals surface area (Å²) in [6.45, 7) is 3.73. The molecule has 0 bridgehead atoms. The lowest BCUT2D eigenvalue weighted by atomic mass is 9.99. The van der Waals surface area contributed by atoms with Crippen molar-refractivity contribution >= 4 is 40.2 Å². The van der Waals surface area contributed by atoms with Crippen molar-refractivity contribution in [3.63, 3.8) is 0 Å². The Morgan fingerprint density at radius 2 is 1.98 bits per heavy atom. The number of urea groups is 1. The second-order valence-electron chi connectivity index (χ2n) is 8.39. The fourth-order valence-electron chi connectivity index (χ4n) is 3.79. The van der Waals surface area contributed by atoms with Crippen molar-refractivity contribution in [3.05, 3.63) is 68.7 Å². The van der Waals surface area contributed by atoms with Gasteiger partial charge in [-0.15, -0.1) is 11.3 Å². The van der Waals surface area contributed by atoms with Crippen LogP contribution in [-0.2, 0) is 17.3 Å². The molecule has 1 atom stereocenters. The maximum absolute atomic E-state index is 13.2. The van der Waals surface area contributed by atoms with E-state index < -0.39 is 35.4 Å². The second-order valence-corrected chi connectivity index (χ2v) is 9.25. The summed E-state index contributed by atoms with van der Waals surface area (Å²) in [6.07, 6.45) is -2.24. The Labute approximate surface area is 228 Å². The summed E-state index contributed by atoms with van der Waals surface area (Å²) >= 11 is 0.717. The van der Waals surface area contributed by atoms with Crippen molar-refractivity contribution in [1.29, 1.82) is 0 Å². The van der Waals surface area contributed by atoms with E-state index in [1.807, 2.05) is 0 Å². The number of hydrogen-bond donors (Lipinski definition) is 4. The first kappa shape index (κ1) is 28.6. The monoisotopic (exact) mass is 576 g/mol. The van der Waals surface area contributed by atoms with Crippen LogP contribution in [-0.4, -0.2) is 50.2 Å². The number of amides is 2. The molecule has 0 saturated heterocycles. The molecular formula is C25H23F3N6O5S. The molecule has 15 heteroatoms. The van der Waals surface area contributed by atoms with Crippen LogP contribution in [0.5, 0.6) is 0 Å². The molecule has 4 aromatic rings. The van der Waals surface area contributed by atoms with Crippen LogP contribution in [0.1, 0.15) is 47.1 Å². The van der Waals surface area contributed by atoms with Gasteiger partial charge in [-0.1, -0.05) is 0 Å². The lowest BCUT2D eigenvalue weighted by molar-refractivity contribution is -0.140. The van der Waals surface area contributed by atoms with Crippen molar-refractivity contribution in [1.82, 2.24) is 25.3 Å². The highest BCUT2D eigenvalue weighted by Crippen LogP contribution is 2.37. The number of nitrogens with zero attached hydrogens (tertiary/aromatic N) is 3. The number of anilines is 1. The van der Waals surface area contributed by atoms with Gasteiger partial charge in [-0.05, 0) is 31.5 Å². The molecule has 210 valence electrons. The van der Waals surface area contributed by atoms with Crippen LogP contribution in [0.25, 0.3) is 21.6 Å². The number of carbonyl (C=O) groups excluding carboxylic acids is 2. The molecule has 1 unspecified atom stereocenters. The minimum Gasteiger partial charge on any atom is -0.462 e. The summed E-state index contributed by atoms with van der Waals surface area (Å²) in [4.78, 5) is 51.7. The van der Waals surface area contributed by atoms with E-state index in [9.17, 15) is 32.7 Å². The molecule has 0 saturated carbocycles. The summed E-state index contributed by atoms with van der Waals surface area (Å²) in [5.41, 5.74) is -1.04. The summed E-state index contributed by atoms with van der Waals surface area (Å²) in [7, 11) is 0. The first-order valence-corrected chi connectivity index (χ1v) is 12.8. The molecule has 0 aromatic carbocycles. The van der Waals surface area contributed by atoms with Gasteiger partial charge in [0.15, 0.2) is 5.69 Å². The molecular weight excluding hydrogens is 553 g/mol. The molecule has 0 aliphatic rings. The van der Waals surface area contributed by atoms with Crippen molar-refractivity contribution in [2.24, 2.45) is 0 Å². The molecule has 0 radical (unpaired) electrons.